The lowest BCUT2D eigenvalue weighted by Gasteiger charge is -2.27. The maximum atomic E-state index is 12.4. The van der Waals surface area contributed by atoms with E-state index in [1.165, 1.54) is 57.8 Å². The van der Waals surface area contributed by atoms with Crippen molar-refractivity contribution in [1.82, 2.24) is 5.32 Å². The van der Waals surface area contributed by atoms with E-state index in [1.54, 1.807) is 0 Å². The molecule has 0 rings (SSSR count). The molecule has 0 aliphatic carbocycles. The van der Waals surface area contributed by atoms with Crippen molar-refractivity contribution in [2.24, 2.45) is 0 Å². The molecule has 5 N–H and O–H groups in total. The number of unbranched alkanes of at least 4 members (excludes halogenated alkanes) is 14. The fourth-order valence-electron chi connectivity index (χ4n) is 4.79. The van der Waals surface area contributed by atoms with Crippen LogP contribution in [0.15, 0.2) is 36.5 Å². The van der Waals surface area contributed by atoms with Crippen LogP contribution in [0.25, 0.3) is 0 Å². The Balaban J connectivity index is 3.97. The molecule has 0 aliphatic heterocycles. The fraction of sp³-hybridized carbons (Fsp3) is 0.800. The number of hydrogen-bond donors (Lipinski definition) is 5. The number of amides is 1. The maximum absolute atomic E-state index is 12.4. The predicted octanol–water partition coefficient (Wildman–Crippen LogP) is 7.45. The number of carbonyl (C=O) groups is 1. The Morgan fingerprint density at radius 3 is 1.54 bits per heavy atom. The van der Waals surface area contributed by atoms with Crippen molar-refractivity contribution < 1.29 is 25.2 Å². The molecule has 0 aromatic heterocycles. The van der Waals surface area contributed by atoms with E-state index in [-0.39, 0.29) is 0 Å². The molecule has 0 aromatic rings. The van der Waals surface area contributed by atoms with E-state index in [0.29, 0.717) is 19.3 Å². The highest BCUT2D eigenvalue weighted by molar-refractivity contribution is 5.80. The molecular formula is C35H65NO5. The Bertz CT molecular complexity index is 663. The van der Waals surface area contributed by atoms with Gasteiger partial charge >= 0.3 is 0 Å². The van der Waals surface area contributed by atoms with Gasteiger partial charge in [0.2, 0.25) is 5.91 Å². The van der Waals surface area contributed by atoms with Gasteiger partial charge in [0.1, 0.15) is 12.2 Å². The van der Waals surface area contributed by atoms with Crippen molar-refractivity contribution in [3.63, 3.8) is 0 Å². The molecule has 6 nitrogen and oxygen atoms in total. The second-order valence-electron chi connectivity index (χ2n) is 11.5. The average Bonchev–Trinajstić information content (AvgIpc) is 2.98. The summed E-state index contributed by atoms with van der Waals surface area (Å²) in [6, 6.07) is -1.01. The van der Waals surface area contributed by atoms with Crippen molar-refractivity contribution in [2.75, 3.05) is 6.61 Å². The van der Waals surface area contributed by atoms with Gasteiger partial charge in [-0.1, -0.05) is 127 Å². The highest BCUT2D eigenvalue weighted by Gasteiger charge is 2.28. The van der Waals surface area contributed by atoms with E-state index in [1.807, 2.05) is 0 Å². The molecule has 0 aliphatic rings. The summed E-state index contributed by atoms with van der Waals surface area (Å²) < 4.78 is 0. The van der Waals surface area contributed by atoms with Crippen molar-refractivity contribution >= 4 is 5.91 Å². The number of aliphatic hydroxyl groups is 4. The van der Waals surface area contributed by atoms with Crippen LogP contribution in [-0.2, 0) is 4.79 Å². The van der Waals surface area contributed by atoms with E-state index < -0.39 is 36.9 Å². The predicted molar refractivity (Wildman–Crippen MR) is 173 cm³/mol. The summed E-state index contributed by atoms with van der Waals surface area (Å²) in [4.78, 5) is 12.4. The average molecular weight is 580 g/mol. The van der Waals surface area contributed by atoms with E-state index >= 15 is 0 Å². The number of nitrogens with one attached hydrogen (secondary N) is 1. The summed E-state index contributed by atoms with van der Waals surface area (Å²) in [6.07, 6.45) is 31.6. The van der Waals surface area contributed by atoms with Crippen LogP contribution in [0.1, 0.15) is 149 Å². The summed E-state index contributed by atoms with van der Waals surface area (Å²) in [7, 11) is 0. The zero-order valence-corrected chi connectivity index (χ0v) is 26.5. The van der Waals surface area contributed by atoms with Crippen molar-refractivity contribution in [3.05, 3.63) is 36.5 Å². The summed E-state index contributed by atoms with van der Waals surface area (Å²) >= 11 is 0. The van der Waals surface area contributed by atoms with Crippen LogP contribution in [0.5, 0.6) is 0 Å². The third-order valence-corrected chi connectivity index (χ3v) is 7.54. The lowest BCUT2D eigenvalue weighted by atomic mass is 10.00. The lowest BCUT2D eigenvalue weighted by molar-refractivity contribution is -0.132. The third-order valence-electron chi connectivity index (χ3n) is 7.54. The zero-order valence-electron chi connectivity index (χ0n) is 26.5. The van der Waals surface area contributed by atoms with E-state index in [0.717, 1.165) is 57.8 Å². The molecule has 4 unspecified atom stereocenters. The number of carbonyl (C=O) groups excluding carboxylic acids is 1. The van der Waals surface area contributed by atoms with Crippen molar-refractivity contribution in [3.8, 4) is 0 Å². The van der Waals surface area contributed by atoms with Gasteiger partial charge < -0.3 is 25.7 Å². The number of allylic oxidation sites excluding steroid dienone is 6. The van der Waals surface area contributed by atoms with Gasteiger partial charge in [-0.05, 0) is 57.8 Å². The summed E-state index contributed by atoms with van der Waals surface area (Å²) in [6.45, 7) is 3.92. The summed E-state index contributed by atoms with van der Waals surface area (Å²) in [5.41, 5.74) is 0. The molecule has 0 heterocycles. The zero-order chi connectivity index (χ0) is 30.4. The Kier molecular flexibility index (Phi) is 28.9. The molecule has 0 aromatic carbocycles. The Hall–Kier alpha value is -1.47. The molecule has 1 amide bonds. The minimum Gasteiger partial charge on any atom is -0.394 e. The van der Waals surface area contributed by atoms with Gasteiger partial charge in [0.05, 0.1) is 18.8 Å². The van der Waals surface area contributed by atoms with Gasteiger partial charge in [-0.15, -0.1) is 0 Å². The minimum absolute atomic E-state index is 0.359. The first-order chi connectivity index (χ1) is 20.0. The van der Waals surface area contributed by atoms with Gasteiger partial charge in [0, 0.05) is 0 Å². The Morgan fingerprint density at radius 1 is 0.585 bits per heavy atom. The summed E-state index contributed by atoms with van der Waals surface area (Å²) in [5.74, 6) is -0.604. The molecule has 4 atom stereocenters. The topological polar surface area (TPSA) is 110 Å². The first-order valence-corrected chi connectivity index (χ1v) is 16.9. The Morgan fingerprint density at radius 2 is 1.05 bits per heavy atom. The number of aliphatic hydroxyl groups excluding tert-OH is 4. The van der Waals surface area contributed by atoms with Crippen LogP contribution in [0.3, 0.4) is 0 Å². The fourth-order valence-corrected chi connectivity index (χ4v) is 4.79. The van der Waals surface area contributed by atoms with Gasteiger partial charge in [0.25, 0.3) is 0 Å². The molecule has 0 saturated carbocycles. The van der Waals surface area contributed by atoms with Crippen LogP contribution in [0.2, 0.25) is 0 Å². The van der Waals surface area contributed by atoms with Gasteiger partial charge in [-0.2, -0.15) is 0 Å². The van der Waals surface area contributed by atoms with E-state index in [9.17, 15) is 25.2 Å². The third kappa shape index (κ3) is 24.8. The molecular weight excluding hydrogens is 514 g/mol. The molecule has 6 heteroatoms. The van der Waals surface area contributed by atoms with Gasteiger partial charge in [-0.3, -0.25) is 4.79 Å². The number of rotatable bonds is 29. The molecule has 0 saturated heterocycles. The van der Waals surface area contributed by atoms with Crippen molar-refractivity contribution in [1.29, 1.82) is 0 Å². The van der Waals surface area contributed by atoms with Crippen LogP contribution in [0.4, 0.5) is 0 Å². The Labute approximate surface area is 252 Å². The van der Waals surface area contributed by atoms with Crippen LogP contribution in [0, 0.1) is 0 Å². The highest BCUT2D eigenvalue weighted by Crippen LogP contribution is 2.14. The molecule has 0 bridgehead atoms. The van der Waals surface area contributed by atoms with Crippen LogP contribution in [-0.4, -0.2) is 57.3 Å². The van der Waals surface area contributed by atoms with E-state index in [4.69, 9.17) is 0 Å². The SMILES string of the molecule is CCC/C=C/CC/C=C/CC/C=C/CCCC(O)C(O)C(CO)NC(=O)C(O)CCCCCCCCCCCCC. The standard InChI is InChI=1S/C35H65NO5/c1-3-5-7-9-11-13-15-16-17-19-20-22-24-26-28-32(38)34(40)31(30-37)36-35(41)33(39)29-27-25-23-21-18-14-12-10-8-6-4-2/h7,9,15-16,20,22,31-34,37-40H,3-6,8,10-14,17-19,21,23-30H2,1-2H3,(H,36,41)/b9-7+,16-15+,22-20+. The lowest BCUT2D eigenvalue weighted by Crippen LogP contribution is -2.53. The minimum atomic E-state index is -1.29. The van der Waals surface area contributed by atoms with Crippen LogP contribution < -0.4 is 5.32 Å². The van der Waals surface area contributed by atoms with Crippen LogP contribution >= 0.6 is 0 Å². The molecule has 0 radical (unpaired) electrons. The van der Waals surface area contributed by atoms with Gasteiger partial charge in [0.15, 0.2) is 0 Å². The molecule has 0 spiro atoms. The molecule has 0 fully saturated rings. The quantitative estimate of drug-likeness (QED) is 0.0467. The first kappa shape index (κ1) is 39.5. The monoisotopic (exact) mass is 579 g/mol. The molecule has 240 valence electrons. The largest absolute Gasteiger partial charge is 0.394 e. The second kappa shape index (κ2) is 30.0. The maximum Gasteiger partial charge on any atom is 0.249 e. The van der Waals surface area contributed by atoms with E-state index in [2.05, 4.69) is 55.6 Å². The molecule has 41 heavy (non-hydrogen) atoms. The summed E-state index contributed by atoms with van der Waals surface area (Å²) in [5, 5.41) is 43.2. The second-order valence-corrected chi connectivity index (χ2v) is 11.5. The smallest absolute Gasteiger partial charge is 0.249 e. The first-order valence-electron chi connectivity index (χ1n) is 16.9. The number of hydrogen-bond acceptors (Lipinski definition) is 5. The van der Waals surface area contributed by atoms with Gasteiger partial charge in [-0.25, -0.2) is 0 Å². The van der Waals surface area contributed by atoms with Crippen molar-refractivity contribution in [2.45, 2.75) is 173 Å². The highest BCUT2D eigenvalue weighted by atomic mass is 16.3. The normalized spacial score (nSPS) is 15.2.